The Kier molecular flexibility index (Phi) is 5.83. The zero-order valence-electron chi connectivity index (χ0n) is 16.6. The molecule has 0 aliphatic carbocycles. The molecule has 0 aliphatic heterocycles. The summed E-state index contributed by atoms with van der Waals surface area (Å²) in [6.07, 6.45) is -0.240. The van der Waals surface area contributed by atoms with Crippen molar-refractivity contribution in [2.45, 2.75) is 17.9 Å². The molecule has 9 nitrogen and oxygen atoms in total. The van der Waals surface area contributed by atoms with Crippen LogP contribution < -0.4 is 10.4 Å². The highest BCUT2D eigenvalue weighted by molar-refractivity contribution is 7.89. The highest BCUT2D eigenvalue weighted by atomic mass is 35.5. The minimum absolute atomic E-state index is 0.0336. The summed E-state index contributed by atoms with van der Waals surface area (Å²) in [5.41, 5.74) is 0.305. The molecule has 164 valence electrons. The van der Waals surface area contributed by atoms with Crippen LogP contribution in [-0.4, -0.2) is 29.2 Å². The van der Waals surface area contributed by atoms with Gasteiger partial charge in [0.1, 0.15) is 11.5 Å². The molecule has 2 aromatic heterocycles. The summed E-state index contributed by atoms with van der Waals surface area (Å²) in [5.74, 6) is 0.0516. The Bertz CT molecular complexity index is 1460. The third kappa shape index (κ3) is 4.42. The summed E-state index contributed by atoms with van der Waals surface area (Å²) >= 11 is 5.96. The first-order chi connectivity index (χ1) is 15.2. The topological polar surface area (TPSA) is 138 Å². The molecule has 0 bridgehead atoms. The number of furan rings is 1. The molecule has 0 unspecified atom stereocenters. The van der Waals surface area contributed by atoms with Gasteiger partial charge in [-0.2, -0.15) is 18.4 Å². The number of hydrogen-bond acceptors (Lipinski definition) is 7. The molecule has 0 fully saturated rings. The predicted molar refractivity (Wildman–Crippen MR) is 119 cm³/mol. The van der Waals surface area contributed by atoms with Crippen molar-refractivity contribution in [3.63, 3.8) is 0 Å². The van der Waals surface area contributed by atoms with Crippen LogP contribution in [0.5, 0.6) is 0 Å². The smallest absolute Gasteiger partial charge is 0.276 e. The number of halogens is 1. The van der Waals surface area contributed by atoms with E-state index >= 15 is 0 Å². The average molecular weight is 473 g/mol. The van der Waals surface area contributed by atoms with Crippen LogP contribution in [0.25, 0.3) is 11.0 Å². The van der Waals surface area contributed by atoms with E-state index in [9.17, 15) is 18.3 Å². The molecule has 2 heterocycles. The first-order valence-electron chi connectivity index (χ1n) is 9.32. The number of hydrogen-bond donors (Lipinski definition) is 3. The van der Waals surface area contributed by atoms with Crippen molar-refractivity contribution >= 4 is 38.4 Å². The second-order valence-corrected chi connectivity index (χ2v) is 9.00. The molecule has 1 atom stereocenters. The lowest BCUT2D eigenvalue weighted by molar-refractivity contribution is 0.214. The van der Waals surface area contributed by atoms with E-state index in [1.807, 2.05) is 6.92 Å². The van der Waals surface area contributed by atoms with E-state index in [2.05, 4.69) is 19.9 Å². The van der Waals surface area contributed by atoms with E-state index in [4.69, 9.17) is 16.0 Å². The number of nitrogens with zero attached hydrogens (tertiary/aromatic N) is 2. The van der Waals surface area contributed by atoms with Crippen molar-refractivity contribution in [1.82, 2.24) is 14.8 Å². The SMILES string of the molecule is Cc1ccc(S(=O)(=O)N/N=C(\c2nc3ccc(Cl)cc3[nH]c2=O)[C@H](O)c2ccco2)cc1. The highest BCUT2D eigenvalue weighted by Gasteiger charge is 2.25. The number of fused-ring (bicyclic) bond motifs is 1. The minimum atomic E-state index is -4.08. The lowest BCUT2D eigenvalue weighted by Crippen LogP contribution is -2.29. The second kappa shape index (κ2) is 8.58. The Morgan fingerprint density at radius 1 is 1.22 bits per heavy atom. The molecule has 0 amide bonds. The maximum absolute atomic E-state index is 12.7. The fourth-order valence-corrected chi connectivity index (χ4v) is 3.93. The number of benzene rings is 2. The lowest BCUT2D eigenvalue weighted by atomic mass is 10.1. The van der Waals surface area contributed by atoms with Gasteiger partial charge in [-0.1, -0.05) is 29.3 Å². The van der Waals surface area contributed by atoms with Gasteiger partial charge in [0.25, 0.3) is 15.6 Å². The molecule has 0 radical (unpaired) electrons. The molecule has 4 rings (SSSR count). The Labute approximate surface area is 187 Å². The normalized spacial score (nSPS) is 13.3. The van der Waals surface area contributed by atoms with E-state index < -0.39 is 21.7 Å². The van der Waals surface area contributed by atoms with Crippen LogP contribution >= 0.6 is 11.6 Å². The van der Waals surface area contributed by atoms with E-state index in [-0.39, 0.29) is 22.1 Å². The van der Waals surface area contributed by atoms with Crippen LogP contribution in [0.3, 0.4) is 0 Å². The second-order valence-electron chi connectivity index (χ2n) is 6.90. The van der Waals surface area contributed by atoms with Crippen LogP contribution in [0.15, 0.2) is 80.1 Å². The molecule has 2 aromatic carbocycles. The van der Waals surface area contributed by atoms with Crippen LogP contribution in [0.1, 0.15) is 23.1 Å². The molecule has 0 saturated carbocycles. The quantitative estimate of drug-likeness (QED) is 0.291. The zero-order chi connectivity index (χ0) is 22.9. The first-order valence-corrected chi connectivity index (χ1v) is 11.2. The van der Waals surface area contributed by atoms with Gasteiger partial charge in [-0.05, 0) is 49.4 Å². The van der Waals surface area contributed by atoms with E-state index in [1.165, 1.54) is 36.6 Å². The first kappa shape index (κ1) is 21.8. The Morgan fingerprint density at radius 3 is 2.66 bits per heavy atom. The van der Waals surface area contributed by atoms with Crippen LogP contribution in [0.2, 0.25) is 5.02 Å². The van der Waals surface area contributed by atoms with Crippen molar-refractivity contribution in [1.29, 1.82) is 0 Å². The summed E-state index contributed by atoms with van der Waals surface area (Å²) in [6.45, 7) is 1.82. The van der Waals surface area contributed by atoms with Crippen molar-refractivity contribution in [2.24, 2.45) is 5.10 Å². The van der Waals surface area contributed by atoms with E-state index in [1.54, 1.807) is 24.3 Å². The third-order valence-electron chi connectivity index (χ3n) is 4.59. The summed E-state index contributed by atoms with van der Waals surface area (Å²) < 4.78 is 30.6. The number of aryl methyl sites for hydroxylation is 1. The standard InChI is InChI=1S/C21H17ClN4O5S/c1-12-4-7-14(8-5-12)32(29,30)26-25-18(20(27)17-3-2-10-31-17)19-21(28)24-16-11-13(22)6-9-15(16)23-19/h2-11,20,26-27H,1H3,(H,24,28)/b25-18+/t20-/m1/s1. The van der Waals surface area contributed by atoms with Crippen LogP contribution in [0.4, 0.5) is 0 Å². The fourth-order valence-electron chi connectivity index (χ4n) is 2.94. The average Bonchev–Trinajstić information content (AvgIpc) is 3.29. The van der Waals surface area contributed by atoms with Gasteiger partial charge in [0.05, 0.1) is 22.2 Å². The number of sulfonamides is 1. The molecular weight excluding hydrogens is 456 g/mol. The van der Waals surface area contributed by atoms with Gasteiger partial charge in [0, 0.05) is 5.02 Å². The fraction of sp³-hybridized carbons (Fsp3) is 0.0952. The van der Waals surface area contributed by atoms with E-state index in [0.717, 1.165) is 5.56 Å². The Morgan fingerprint density at radius 2 is 1.97 bits per heavy atom. The number of nitrogens with one attached hydrogen (secondary N) is 2. The number of aromatic amines is 1. The maximum Gasteiger partial charge on any atom is 0.276 e. The molecular formula is C21H17ClN4O5S. The van der Waals surface area contributed by atoms with Gasteiger partial charge in [-0.3, -0.25) is 4.79 Å². The van der Waals surface area contributed by atoms with Gasteiger partial charge >= 0.3 is 0 Å². The number of H-pyrrole nitrogens is 1. The molecule has 0 spiro atoms. The predicted octanol–water partition coefficient (Wildman–Crippen LogP) is 2.89. The lowest BCUT2D eigenvalue weighted by Gasteiger charge is -2.12. The van der Waals surface area contributed by atoms with Gasteiger partial charge < -0.3 is 14.5 Å². The number of rotatable bonds is 6. The maximum atomic E-state index is 12.7. The van der Waals surface area contributed by atoms with Crippen molar-refractivity contribution in [3.05, 3.63) is 93.3 Å². The summed E-state index contributed by atoms with van der Waals surface area (Å²) in [6, 6.07) is 13.8. The van der Waals surface area contributed by atoms with Gasteiger partial charge in [0.15, 0.2) is 11.8 Å². The van der Waals surface area contributed by atoms with Gasteiger partial charge in [-0.15, -0.1) is 0 Å². The molecule has 3 N–H and O–H groups in total. The zero-order valence-corrected chi connectivity index (χ0v) is 18.2. The summed E-state index contributed by atoms with van der Waals surface area (Å²) in [7, 11) is -4.08. The monoisotopic (exact) mass is 472 g/mol. The highest BCUT2D eigenvalue weighted by Crippen LogP contribution is 2.20. The van der Waals surface area contributed by atoms with Crippen molar-refractivity contribution < 1.29 is 17.9 Å². The number of aliphatic hydroxyl groups is 1. The Balaban J connectivity index is 1.82. The molecule has 0 saturated heterocycles. The van der Waals surface area contributed by atoms with E-state index in [0.29, 0.717) is 16.1 Å². The molecule has 0 aliphatic rings. The minimum Gasteiger partial charge on any atom is -0.466 e. The molecule has 32 heavy (non-hydrogen) atoms. The van der Waals surface area contributed by atoms with Crippen LogP contribution in [0, 0.1) is 6.92 Å². The number of aromatic nitrogens is 2. The molecule has 4 aromatic rings. The summed E-state index contributed by atoms with van der Waals surface area (Å²) in [4.78, 5) is 21.6. The third-order valence-corrected chi connectivity index (χ3v) is 6.05. The largest absolute Gasteiger partial charge is 0.466 e. The van der Waals surface area contributed by atoms with Crippen molar-refractivity contribution in [2.75, 3.05) is 0 Å². The Hall–Kier alpha value is -3.47. The molecule has 11 heteroatoms. The van der Waals surface area contributed by atoms with Gasteiger partial charge in [-0.25, -0.2) is 4.98 Å². The number of aliphatic hydroxyl groups excluding tert-OH is 1. The summed E-state index contributed by atoms with van der Waals surface area (Å²) in [5, 5.41) is 15.1. The van der Waals surface area contributed by atoms with Gasteiger partial charge in [0.2, 0.25) is 0 Å². The van der Waals surface area contributed by atoms with Crippen LogP contribution in [-0.2, 0) is 10.0 Å². The number of hydrazone groups is 1. The van der Waals surface area contributed by atoms with Crippen molar-refractivity contribution in [3.8, 4) is 0 Å².